The number of unbranched alkanes of at least 4 members (excludes halogenated alkanes) is 4. The van der Waals surface area contributed by atoms with Gasteiger partial charge >= 0.3 is 0 Å². The molecule has 2 aliphatic rings. The van der Waals surface area contributed by atoms with E-state index in [4.69, 9.17) is 9.47 Å². The van der Waals surface area contributed by atoms with Gasteiger partial charge in [0.15, 0.2) is 0 Å². The fourth-order valence-corrected chi connectivity index (χ4v) is 6.10. The molecule has 0 bridgehead atoms. The van der Waals surface area contributed by atoms with Gasteiger partial charge in [0.1, 0.15) is 5.75 Å². The summed E-state index contributed by atoms with van der Waals surface area (Å²) >= 11 is 0. The molecule has 0 aliphatic heterocycles. The van der Waals surface area contributed by atoms with Crippen molar-refractivity contribution in [2.24, 2.45) is 0 Å². The van der Waals surface area contributed by atoms with Crippen LogP contribution in [0.3, 0.4) is 0 Å². The molecule has 1 aromatic carbocycles. The zero-order valence-corrected chi connectivity index (χ0v) is 21.6. The van der Waals surface area contributed by atoms with Gasteiger partial charge < -0.3 is 14.6 Å². The molecule has 2 saturated carbocycles. The van der Waals surface area contributed by atoms with Gasteiger partial charge in [0.05, 0.1) is 24.4 Å². The molecule has 2 aliphatic carbocycles. The van der Waals surface area contributed by atoms with Crippen LogP contribution in [-0.4, -0.2) is 16.3 Å². The summed E-state index contributed by atoms with van der Waals surface area (Å²) in [7, 11) is 0. The summed E-state index contributed by atoms with van der Waals surface area (Å²) in [5.74, 6) is 0.360. The van der Waals surface area contributed by atoms with Gasteiger partial charge in [-0.3, -0.25) is 0 Å². The number of hydrogen-bond donors (Lipinski definition) is 1. The molecule has 1 aromatic rings. The Morgan fingerprint density at radius 3 is 1.73 bits per heavy atom. The molecule has 0 unspecified atom stereocenters. The molecule has 3 nitrogen and oxygen atoms in total. The van der Waals surface area contributed by atoms with Crippen LogP contribution in [0.25, 0.3) is 0 Å². The van der Waals surface area contributed by atoms with Crippen LogP contribution in [-0.2, 0) is 22.7 Å². The largest absolute Gasteiger partial charge is 0.508 e. The predicted molar refractivity (Wildman–Crippen MR) is 138 cm³/mol. The van der Waals surface area contributed by atoms with Crippen molar-refractivity contribution in [3.05, 3.63) is 29.3 Å². The van der Waals surface area contributed by atoms with Gasteiger partial charge in [-0.15, -0.1) is 0 Å². The molecule has 33 heavy (non-hydrogen) atoms. The van der Waals surface area contributed by atoms with Crippen molar-refractivity contribution in [3.63, 3.8) is 0 Å². The average Bonchev–Trinajstić information content (AvgIpc) is 2.84. The summed E-state index contributed by atoms with van der Waals surface area (Å²) in [5, 5.41) is 10.8. The first-order chi connectivity index (χ1) is 16.1. The van der Waals surface area contributed by atoms with Crippen LogP contribution in [0.1, 0.15) is 141 Å². The van der Waals surface area contributed by atoms with Crippen LogP contribution in [0.2, 0.25) is 0 Å². The lowest BCUT2D eigenvalue weighted by atomic mass is 9.80. The molecule has 0 atom stereocenters. The number of phenolic OH excluding ortho intramolecular Hbond substituents is 1. The smallest absolute Gasteiger partial charge is 0.121 e. The quantitative estimate of drug-likeness (QED) is 0.283. The highest BCUT2D eigenvalue weighted by Gasteiger charge is 2.34. The summed E-state index contributed by atoms with van der Waals surface area (Å²) in [6.07, 6.45) is 22.3. The van der Waals surface area contributed by atoms with E-state index in [1.54, 1.807) is 0 Å². The molecular weight excluding hydrogens is 408 g/mol. The Morgan fingerprint density at radius 1 is 0.697 bits per heavy atom. The monoisotopic (exact) mass is 458 g/mol. The number of phenols is 1. The standard InChI is InChI=1S/C30H50O3/c1-3-5-9-18-29(20-11-7-12-21-29)32-24-26-16-15-17-28(31)27(26)25-33-30(19-10-6-4-2)22-13-8-14-23-30/h15-17,31H,3-14,18-25H2,1-2H3. The van der Waals surface area contributed by atoms with Crippen molar-refractivity contribution in [2.75, 3.05) is 0 Å². The van der Waals surface area contributed by atoms with Crippen LogP contribution in [0.5, 0.6) is 5.75 Å². The molecular formula is C30H50O3. The maximum Gasteiger partial charge on any atom is 0.121 e. The molecule has 0 aromatic heterocycles. The first kappa shape index (κ1) is 26.5. The van der Waals surface area contributed by atoms with E-state index >= 15 is 0 Å². The highest BCUT2D eigenvalue weighted by Crippen LogP contribution is 2.39. The molecule has 188 valence electrons. The lowest BCUT2D eigenvalue weighted by molar-refractivity contribution is -0.0941. The molecule has 0 saturated heterocycles. The number of benzene rings is 1. The fraction of sp³-hybridized carbons (Fsp3) is 0.800. The van der Waals surface area contributed by atoms with Crippen LogP contribution < -0.4 is 0 Å². The predicted octanol–water partition coefficient (Wildman–Crippen LogP) is 8.99. The van der Waals surface area contributed by atoms with Crippen molar-refractivity contribution >= 4 is 0 Å². The van der Waals surface area contributed by atoms with Crippen molar-refractivity contribution in [1.29, 1.82) is 0 Å². The second kappa shape index (κ2) is 13.7. The second-order valence-electron chi connectivity index (χ2n) is 10.9. The minimum absolute atomic E-state index is 0.00141. The second-order valence-corrected chi connectivity index (χ2v) is 10.9. The van der Waals surface area contributed by atoms with Gasteiger partial charge in [-0.05, 0) is 50.2 Å². The van der Waals surface area contributed by atoms with E-state index in [0.29, 0.717) is 19.0 Å². The first-order valence-electron chi connectivity index (χ1n) is 14.2. The summed E-state index contributed by atoms with van der Waals surface area (Å²) in [5.41, 5.74) is 2.08. The lowest BCUT2D eigenvalue weighted by Crippen LogP contribution is -2.36. The summed E-state index contributed by atoms with van der Waals surface area (Å²) < 4.78 is 13.4. The van der Waals surface area contributed by atoms with Crippen molar-refractivity contribution in [2.45, 2.75) is 154 Å². The number of hydrogen-bond acceptors (Lipinski definition) is 3. The molecule has 0 heterocycles. The molecule has 0 amide bonds. The normalized spacial score (nSPS) is 20.1. The van der Waals surface area contributed by atoms with Crippen molar-refractivity contribution in [1.82, 2.24) is 0 Å². The number of ether oxygens (including phenoxy) is 2. The highest BCUT2D eigenvalue weighted by atomic mass is 16.5. The molecule has 3 rings (SSSR count). The van der Waals surface area contributed by atoms with E-state index in [-0.39, 0.29) is 11.2 Å². The van der Waals surface area contributed by atoms with Crippen molar-refractivity contribution in [3.8, 4) is 5.75 Å². The Labute approximate surface area is 203 Å². The topological polar surface area (TPSA) is 38.7 Å². The molecule has 1 N–H and O–H groups in total. The van der Waals surface area contributed by atoms with Crippen LogP contribution in [0, 0.1) is 0 Å². The van der Waals surface area contributed by atoms with E-state index in [1.807, 2.05) is 12.1 Å². The fourth-order valence-electron chi connectivity index (χ4n) is 6.10. The number of aromatic hydroxyl groups is 1. The van der Waals surface area contributed by atoms with E-state index in [2.05, 4.69) is 19.9 Å². The third-order valence-electron chi connectivity index (χ3n) is 8.31. The van der Waals surface area contributed by atoms with Gasteiger partial charge in [-0.25, -0.2) is 0 Å². The van der Waals surface area contributed by atoms with Gasteiger partial charge in [-0.2, -0.15) is 0 Å². The maximum absolute atomic E-state index is 10.8. The first-order valence-corrected chi connectivity index (χ1v) is 14.2. The van der Waals surface area contributed by atoms with E-state index < -0.39 is 0 Å². The summed E-state index contributed by atoms with van der Waals surface area (Å²) in [6.45, 7) is 5.63. The Kier molecular flexibility index (Phi) is 11.0. The SMILES string of the molecule is CCCCCC1(OCc2cccc(O)c2COC2(CCCCC)CCCCC2)CCCCC1. The minimum atomic E-state index is -0.00141. The molecule has 3 heteroatoms. The number of rotatable bonds is 14. The highest BCUT2D eigenvalue weighted by molar-refractivity contribution is 5.38. The Morgan fingerprint density at radius 2 is 1.21 bits per heavy atom. The third-order valence-corrected chi connectivity index (χ3v) is 8.31. The van der Waals surface area contributed by atoms with Crippen LogP contribution >= 0.6 is 0 Å². The summed E-state index contributed by atoms with van der Waals surface area (Å²) in [4.78, 5) is 0. The Balaban J connectivity index is 1.67. The molecule has 0 spiro atoms. The van der Waals surface area contributed by atoms with Gasteiger partial charge in [0, 0.05) is 5.56 Å². The Hall–Kier alpha value is -1.06. The van der Waals surface area contributed by atoms with E-state index in [0.717, 1.165) is 30.4 Å². The molecule has 0 radical (unpaired) electrons. The zero-order chi connectivity index (χ0) is 23.4. The maximum atomic E-state index is 10.8. The minimum Gasteiger partial charge on any atom is -0.508 e. The Bertz CT molecular complexity index is 671. The van der Waals surface area contributed by atoms with Crippen LogP contribution in [0.4, 0.5) is 0 Å². The van der Waals surface area contributed by atoms with Gasteiger partial charge in [0.25, 0.3) is 0 Å². The van der Waals surface area contributed by atoms with Crippen molar-refractivity contribution < 1.29 is 14.6 Å². The van der Waals surface area contributed by atoms with Crippen LogP contribution in [0.15, 0.2) is 18.2 Å². The van der Waals surface area contributed by atoms with Gasteiger partial charge in [0.2, 0.25) is 0 Å². The molecule has 2 fully saturated rings. The summed E-state index contributed by atoms with van der Waals surface area (Å²) in [6, 6.07) is 5.90. The third kappa shape index (κ3) is 7.99. The van der Waals surface area contributed by atoms with Gasteiger partial charge in [-0.1, -0.05) is 103 Å². The lowest BCUT2D eigenvalue weighted by Gasteiger charge is -2.39. The zero-order valence-electron chi connectivity index (χ0n) is 21.6. The average molecular weight is 459 g/mol. The van der Waals surface area contributed by atoms with E-state index in [1.165, 1.54) is 96.3 Å². The van der Waals surface area contributed by atoms with E-state index in [9.17, 15) is 5.11 Å².